The van der Waals surface area contributed by atoms with Crippen molar-refractivity contribution < 1.29 is 9.53 Å². The minimum Gasteiger partial charge on any atom is -0.497 e. The molecule has 0 atom stereocenters. The molecule has 0 radical (unpaired) electrons. The first-order valence-electron chi connectivity index (χ1n) is 15.8. The molecule has 8 nitrogen and oxygen atoms in total. The highest BCUT2D eigenvalue weighted by Crippen LogP contribution is 2.36. The standard InChI is InChI=1S/C36H47N5O3/c1-8-11-22-41-33-28(16-13-19-37-33)31(25-14-12-15-27(23-25)44-7)32(34(41)42)39-35(43)38-30-24-26(40(20-9-2)21-10-3)17-18-29(30)36(4,5)6/h12-19,23-24H,8-11,20-22H2,1-7H3,(H2,38,39,43). The number of aromatic nitrogens is 2. The summed E-state index contributed by atoms with van der Waals surface area (Å²) in [4.78, 5) is 35.0. The van der Waals surface area contributed by atoms with Crippen molar-refractivity contribution in [3.05, 3.63) is 76.7 Å². The van der Waals surface area contributed by atoms with E-state index in [1.807, 2.05) is 36.4 Å². The van der Waals surface area contributed by atoms with E-state index in [1.54, 1.807) is 17.9 Å². The zero-order valence-electron chi connectivity index (χ0n) is 27.3. The van der Waals surface area contributed by atoms with Gasteiger partial charge in [-0.1, -0.05) is 66.2 Å². The Morgan fingerprint density at radius 2 is 1.70 bits per heavy atom. The minimum absolute atomic E-state index is 0.208. The number of urea groups is 1. The summed E-state index contributed by atoms with van der Waals surface area (Å²) in [6.07, 6.45) is 5.47. The number of methoxy groups -OCH3 is 1. The van der Waals surface area contributed by atoms with Crippen molar-refractivity contribution >= 4 is 34.1 Å². The van der Waals surface area contributed by atoms with Crippen LogP contribution in [0.5, 0.6) is 5.75 Å². The van der Waals surface area contributed by atoms with Crippen LogP contribution in [0.25, 0.3) is 22.2 Å². The molecule has 234 valence electrons. The van der Waals surface area contributed by atoms with Crippen molar-refractivity contribution in [2.75, 3.05) is 35.7 Å². The first-order valence-corrected chi connectivity index (χ1v) is 15.8. The number of pyridine rings is 2. The number of benzene rings is 2. The molecule has 0 bridgehead atoms. The van der Waals surface area contributed by atoms with Crippen LogP contribution >= 0.6 is 0 Å². The van der Waals surface area contributed by atoms with Gasteiger partial charge in [0, 0.05) is 48.2 Å². The Morgan fingerprint density at radius 1 is 0.955 bits per heavy atom. The maximum atomic E-state index is 14.2. The summed E-state index contributed by atoms with van der Waals surface area (Å²) in [5.74, 6) is 0.653. The van der Waals surface area contributed by atoms with Crippen LogP contribution in [-0.2, 0) is 12.0 Å². The normalized spacial score (nSPS) is 11.4. The highest BCUT2D eigenvalue weighted by atomic mass is 16.5. The second-order valence-electron chi connectivity index (χ2n) is 12.2. The zero-order valence-corrected chi connectivity index (χ0v) is 27.3. The van der Waals surface area contributed by atoms with Crippen molar-refractivity contribution in [3.8, 4) is 16.9 Å². The van der Waals surface area contributed by atoms with Gasteiger partial charge < -0.3 is 20.3 Å². The predicted octanol–water partition coefficient (Wildman–Crippen LogP) is 8.44. The number of anilines is 3. The second kappa shape index (κ2) is 14.4. The number of aryl methyl sites for hydroxylation is 1. The number of ether oxygens (including phenoxy) is 1. The number of amides is 2. The predicted molar refractivity (Wildman–Crippen MR) is 183 cm³/mol. The summed E-state index contributed by atoms with van der Waals surface area (Å²) in [5, 5.41) is 6.88. The monoisotopic (exact) mass is 597 g/mol. The summed E-state index contributed by atoms with van der Waals surface area (Å²) >= 11 is 0. The number of nitrogens with zero attached hydrogens (tertiary/aromatic N) is 3. The fourth-order valence-electron chi connectivity index (χ4n) is 5.66. The van der Waals surface area contributed by atoms with E-state index < -0.39 is 6.03 Å². The quantitative estimate of drug-likeness (QED) is 0.171. The summed E-state index contributed by atoms with van der Waals surface area (Å²) in [5.41, 5.74) is 4.46. The molecule has 2 amide bonds. The molecule has 0 saturated heterocycles. The maximum Gasteiger partial charge on any atom is 0.323 e. The summed E-state index contributed by atoms with van der Waals surface area (Å²) in [6.45, 7) is 15.2. The molecule has 0 spiro atoms. The van der Waals surface area contributed by atoms with Crippen LogP contribution in [0.4, 0.5) is 21.9 Å². The van der Waals surface area contributed by atoms with E-state index in [2.05, 4.69) is 80.3 Å². The van der Waals surface area contributed by atoms with E-state index in [1.165, 1.54) is 0 Å². The number of rotatable bonds is 12. The highest BCUT2D eigenvalue weighted by Gasteiger charge is 2.24. The van der Waals surface area contributed by atoms with Gasteiger partial charge in [0.05, 0.1) is 7.11 Å². The first kappa shape index (κ1) is 32.6. The van der Waals surface area contributed by atoms with Gasteiger partial charge >= 0.3 is 6.03 Å². The molecule has 4 aromatic rings. The highest BCUT2D eigenvalue weighted by molar-refractivity contribution is 6.07. The van der Waals surface area contributed by atoms with Crippen LogP contribution in [0.2, 0.25) is 0 Å². The van der Waals surface area contributed by atoms with E-state index in [-0.39, 0.29) is 16.7 Å². The van der Waals surface area contributed by atoms with Gasteiger partial charge in [-0.25, -0.2) is 9.78 Å². The molecule has 8 heteroatoms. The van der Waals surface area contributed by atoms with E-state index in [9.17, 15) is 9.59 Å². The molecule has 0 saturated carbocycles. The molecular weight excluding hydrogens is 550 g/mol. The van der Waals surface area contributed by atoms with E-state index in [0.29, 0.717) is 23.5 Å². The Hall–Kier alpha value is -4.33. The Morgan fingerprint density at radius 3 is 2.36 bits per heavy atom. The van der Waals surface area contributed by atoms with Gasteiger partial charge in [-0.2, -0.15) is 0 Å². The number of unbranched alkanes of at least 4 members (excludes halogenated alkanes) is 1. The van der Waals surface area contributed by atoms with Crippen molar-refractivity contribution in [1.29, 1.82) is 0 Å². The summed E-state index contributed by atoms with van der Waals surface area (Å²) in [6, 6.07) is 17.1. The Labute approximate surface area is 261 Å². The Kier molecular flexibility index (Phi) is 10.7. The molecule has 4 rings (SSSR count). The average Bonchev–Trinajstić information content (AvgIpc) is 3.00. The van der Waals surface area contributed by atoms with Gasteiger partial charge in [0.2, 0.25) is 0 Å². The van der Waals surface area contributed by atoms with Crippen LogP contribution in [0.15, 0.2) is 65.6 Å². The van der Waals surface area contributed by atoms with Gasteiger partial charge in [-0.05, 0) is 72.2 Å². The summed E-state index contributed by atoms with van der Waals surface area (Å²) in [7, 11) is 1.61. The molecule has 44 heavy (non-hydrogen) atoms. The number of carbonyl (C=O) groups is 1. The zero-order chi connectivity index (χ0) is 31.9. The van der Waals surface area contributed by atoms with Crippen molar-refractivity contribution in [2.45, 2.75) is 79.2 Å². The SMILES string of the molecule is CCCCn1c(=O)c(NC(=O)Nc2cc(N(CCC)CCC)ccc2C(C)(C)C)c(-c2cccc(OC)c2)c2cccnc21. The van der Waals surface area contributed by atoms with E-state index in [0.717, 1.165) is 66.7 Å². The lowest BCUT2D eigenvalue weighted by Gasteiger charge is -2.28. The molecule has 0 aliphatic carbocycles. The third kappa shape index (κ3) is 7.24. The average molecular weight is 598 g/mol. The maximum absolute atomic E-state index is 14.2. The number of nitrogens with one attached hydrogen (secondary N) is 2. The lowest BCUT2D eigenvalue weighted by atomic mass is 9.85. The molecule has 0 fully saturated rings. The third-order valence-electron chi connectivity index (χ3n) is 7.76. The fourth-order valence-corrected chi connectivity index (χ4v) is 5.66. The molecule has 0 unspecified atom stereocenters. The summed E-state index contributed by atoms with van der Waals surface area (Å²) < 4.78 is 7.18. The smallest absolute Gasteiger partial charge is 0.323 e. The number of hydrogen-bond acceptors (Lipinski definition) is 5. The number of fused-ring (bicyclic) bond motifs is 1. The van der Waals surface area contributed by atoms with Gasteiger partial charge in [0.25, 0.3) is 5.56 Å². The van der Waals surface area contributed by atoms with Crippen molar-refractivity contribution in [2.24, 2.45) is 0 Å². The van der Waals surface area contributed by atoms with Gasteiger partial charge in [0.1, 0.15) is 17.1 Å². The van der Waals surface area contributed by atoms with Crippen LogP contribution < -0.4 is 25.8 Å². The van der Waals surface area contributed by atoms with Crippen molar-refractivity contribution in [3.63, 3.8) is 0 Å². The van der Waals surface area contributed by atoms with Crippen LogP contribution in [0.3, 0.4) is 0 Å². The molecule has 2 N–H and O–H groups in total. The lowest BCUT2D eigenvalue weighted by molar-refractivity contribution is 0.262. The fraction of sp³-hybridized carbons (Fsp3) is 0.417. The topological polar surface area (TPSA) is 88.5 Å². The molecule has 2 aromatic carbocycles. The van der Waals surface area contributed by atoms with E-state index in [4.69, 9.17) is 4.74 Å². The molecule has 2 heterocycles. The Bertz CT molecular complexity index is 1650. The molecule has 2 aromatic heterocycles. The number of carbonyl (C=O) groups excluding carboxylic acids is 1. The first-order chi connectivity index (χ1) is 21.1. The van der Waals surface area contributed by atoms with Crippen LogP contribution in [-0.4, -0.2) is 35.8 Å². The number of hydrogen-bond donors (Lipinski definition) is 2. The molecule has 0 aliphatic heterocycles. The molecule has 0 aliphatic rings. The second-order valence-corrected chi connectivity index (χ2v) is 12.2. The van der Waals surface area contributed by atoms with Gasteiger partial charge in [-0.3, -0.25) is 9.36 Å². The van der Waals surface area contributed by atoms with Gasteiger partial charge in [0.15, 0.2) is 0 Å². The minimum atomic E-state index is -0.475. The lowest BCUT2D eigenvalue weighted by Crippen LogP contribution is -2.31. The third-order valence-corrected chi connectivity index (χ3v) is 7.76. The van der Waals surface area contributed by atoms with Crippen molar-refractivity contribution in [1.82, 2.24) is 9.55 Å². The Balaban J connectivity index is 1.85. The van der Waals surface area contributed by atoms with Crippen LogP contribution in [0.1, 0.15) is 72.8 Å². The van der Waals surface area contributed by atoms with E-state index >= 15 is 0 Å². The molecular formula is C36H47N5O3. The largest absolute Gasteiger partial charge is 0.497 e. The van der Waals surface area contributed by atoms with Crippen LogP contribution in [0, 0.1) is 0 Å². The van der Waals surface area contributed by atoms with Gasteiger partial charge in [-0.15, -0.1) is 0 Å².